The Morgan fingerprint density at radius 2 is 2.09 bits per heavy atom. The monoisotopic (exact) mass is 306 g/mol. The van der Waals surface area contributed by atoms with E-state index in [-0.39, 0.29) is 18.6 Å². The summed E-state index contributed by atoms with van der Waals surface area (Å²) in [5, 5.41) is 14.8. The van der Waals surface area contributed by atoms with Crippen LogP contribution >= 0.6 is 0 Å². The third-order valence-corrected chi connectivity index (χ3v) is 3.64. The van der Waals surface area contributed by atoms with E-state index in [1.54, 1.807) is 0 Å². The number of amides is 1. The Balaban J connectivity index is 1.79. The van der Waals surface area contributed by atoms with E-state index in [9.17, 15) is 14.7 Å². The average molecular weight is 306 g/mol. The van der Waals surface area contributed by atoms with Crippen molar-refractivity contribution in [2.45, 2.75) is 38.0 Å². The van der Waals surface area contributed by atoms with Crippen molar-refractivity contribution < 1.29 is 19.4 Å². The molecule has 1 saturated heterocycles. The first-order valence-electron chi connectivity index (χ1n) is 7.55. The van der Waals surface area contributed by atoms with Crippen molar-refractivity contribution in [3.05, 3.63) is 35.9 Å². The standard InChI is InChI=1S/C16H22N2O4/c19-15(13-8-4-5-9-17-13)18-14(16(20)21)11-22-10-12-6-2-1-3-7-12/h1-3,6-7,13-14,17H,4-5,8-11H2,(H,18,19)(H,20,21)/t13-,14-/m0/s1. The molecule has 2 rings (SSSR count). The summed E-state index contributed by atoms with van der Waals surface area (Å²) >= 11 is 0. The Morgan fingerprint density at radius 3 is 2.73 bits per heavy atom. The Morgan fingerprint density at radius 1 is 1.32 bits per heavy atom. The third-order valence-electron chi connectivity index (χ3n) is 3.64. The maximum Gasteiger partial charge on any atom is 0.328 e. The van der Waals surface area contributed by atoms with Gasteiger partial charge in [0.25, 0.3) is 0 Å². The number of hydrogen-bond donors (Lipinski definition) is 3. The number of rotatable bonds is 7. The van der Waals surface area contributed by atoms with Gasteiger partial charge in [-0.1, -0.05) is 36.8 Å². The molecule has 1 aliphatic heterocycles. The number of hydrogen-bond acceptors (Lipinski definition) is 4. The number of carbonyl (C=O) groups excluding carboxylic acids is 1. The topological polar surface area (TPSA) is 87.7 Å². The van der Waals surface area contributed by atoms with Gasteiger partial charge >= 0.3 is 5.97 Å². The largest absolute Gasteiger partial charge is 0.480 e. The Bertz CT molecular complexity index is 486. The van der Waals surface area contributed by atoms with Gasteiger partial charge in [-0.2, -0.15) is 0 Å². The summed E-state index contributed by atoms with van der Waals surface area (Å²) in [6, 6.07) is 8.17. The molecule has 0 radical (unpaired) electrons. The van der Waals surface area contributed by atoms with Crippen LogP contribution in [0.2, 0.25) is 0 Å². The first kappa shape index (κ1) is 16.5. The number of ether oxygens (including phenoxy) is 1. The van der Waals surface area contributed by atoms with Gasteiger partial charge in [0.1, 0.15) is 0 Å². The minimum absolute atomic E-state index is 0.0529. The number of piperidine rings is 1. The molecular formula is C16H22N2O4. The van der Waals surface area contributed by atoms with E-state index in [1.165, 1.54) is 0 Å². The zero-order valence-corrected chi connectivity index (χ0v) is 12.5. The maximum atomic E-state index is 12.1. The molecule has 1 fully saturated rings. The summed E-state index contributed by atoms with van der Waals surface area (Å²) in [6.07, 6.45) is 2.77. The minimum atomic E-state index is -1.09. The smallest absolute Gasteiger partial charge is 0.328 e. The number of carboxylic acids is 1. The highest BCUT2D eigenvalue weighted by Gasteiger charge is 2.26. The van der Waals surface area contributed by atoms with Gasteiger partial charge < -0.3 is 20.5 Å². The lowest BCUT2D eigenvalue weighted by Gasteiger charge is -2.24. The molecule has 6 nitrogen and oxygen atoms in total. The second-order valence-corrected chi connectivity index (χ2v) is 5.40. The third kappa shape index (κ3) is 5.13. The van der Waals surface area contributed by atoms with Crippen LogP contribution in [-0.2, 0) is 20.9 Å². The quantitative estimate of drug-likeness (QED) is 0.697. The van der Waals surface area contributed by atoms with Gasteiger partial charge in [-0.3, -0.25) is 4.79 Å². The van der Waals surface area contributed by atoms with E-state index < -0.39 is 12.0 Å². The number of carboxylic acid groups (broad SMARTS) is 1. The minimum Gasteiger partial charge on any atom is -0.480 e. The van der Waals surface area contributed by atoms with Crippen LogP contribution in [0.3, 0.4) is 0 Å². The fourth-order valence-corrected chi connectivity index (χ4v) is 2.39. The van der Waals surface area contributed by atoms with Crippen LogP contribution in [0.4, 0.5) is 0 Å². The van der Waals surface area contributed by atoms with Crippen molar-refractivity contribution in [1.29, 1.82) is 0 Å². The lowest BCUT2D eigenvalue weighted by Crippen LogP contribution is -2.52. The van der Waals surface area contributed by atoms with Crippen LogP contribution in [0.5, 0.6) is 0 Å². The molecule has 2 atom stereocenters. The lowest BCUT2D eigenvalue weighted by atomic mass is 10.0. The molecule has 3 N–H and O–H groups in total. The van der Waals surface area contributed by atoms with E-state index in [2.05, 4.69) is 10.6 Å². The van der Waals surface area contributed by atoms with Gasteiger partial charge in [-0.05, 0) is 24.9 Å². The van der Waals surface area contributed by atoms with Crippen LogP contribution in [0.15, 0.2) is 30.3 Å². The molecule has 0 saturated carbocycles. The van der Waals surface area contributed by atoms with E-state index in [1.807, 2.05) is 30.3 Å². The van der Waals surface area contributed by atoms with E-state index in [0.29, 0.717) is 6.61 Å². The maximum absolute atomic E-state index is 12.1. The van der Waals surface area contributed by atoms with Crippen LogP contribution in [-0.4, -0.2) is 42.2 Å². The lowest BCUT2D eigenvalue weighted by molar-refractivity contribution is -0.144. The fourth-order valence-electron chi connectivity index (χ4n) is 2.39. The summed E-state index contributed by atoms with van der Waals surface area (Å²) in [7, 11) is 0. The summed E-state index contributed by atoms with van der Waals surface area (Å²) in [5.41, 5.74) is 0.965. The molecule has 0 aromatic heterocycles. The van der Waals surface area contributed by atoms with Crippen molar-refractivity contribution in [3.63, 3.8) is 0 Å². The van der Waals surface area contributed by atoms with Gasteiger partial charge in [0.05, 0.1) is 19.3 Å². The van der Waals surface area contributed by atoms with E-state index >= 15 is 0 Å². The molecule has 1 aliphatic rings. The van der Waals surface area contributed by atoms with Gasteiger partial charge in [0.15, 0.2) is 6.04 Å². The number of benzene rings is 1. The normalized spacial score (nSPS) is 19.4. The fraction of sp³-hybridized carbons (Fsp3) is 0.500. The molecule has 0 unspecified atom stereocenters. The van der Waals surface area contributed by atoms with Crippen molar-refractivity contribution >= 4 is 11.9 Å². The van der Waals surface area contributed by atoms with Gasteiger partial charge in [-0.15, -0.1) is 0 Å². The summed E-state index contributed by atoms with van der Waals surface area (Å²) in [5.74, 6) is -1.35. The number of carbonyl (C=O) groups is 2. The predicted molar refractivity (Wildman–Crippen MR) is 81.3 cm³/mol. The summed E-state index contributed by atoms with van der Waals surface area (Å²) < 4.78 is 5.42. The van der Waals surface area contributed by atoms with Crippen LogP contribution in [0.1, 0.15) is 24.8 Å². The molecule has 1 amide bonds. The Hall–Kier alpha value is -1.92. The second-order valence-electron chi connectivity index (χ2n) is 5.40. The molecule has 1 heterocycles. The highest BCUT2D eigenvalue weighted by atomic mass is 16.5. The van der Waals surface area contributed by atoms with Crippen LogP contribution < -0.4 is 10.6 Å². The molecule has 22 heavy (non-hydrogen) atoms. The molecule has 1 aromatic carbocycles. The highest BCUT2D eigenvalue weighted by molar-refractivity contribution is 5.87. The van der Waals surface area contributed by atoms with Crippen molar-refractivity contribution in [2.75, 3.05) is 13.2 Å². The average Bonchev–Trinajstić information content (AvgIpc) is 2.55. The van der Waals surface area contributed by atoms with E-state index in [4.69, 9.17) is 4.74 Å². The molecule has 0 bridgehead atoms. The SMILES string of the molecule is O=C(O)[C@H](COCc1ccccc1)NC(=O)[C@@H]1CCCCN1. The Labute approximate surface area is 129 Å². The van der Waals surface area contributed by atoms with Gasteiger partial charge in [0, 0.05) is 0 Å². The first-order valence-corrected chi connectivity index (χ1v) is 7.55. The van der Waals surface area contributed by atoms with E-state index in [0.717, 1.165) is 31.4 Å². The van der Waals surface area contributed by atoms with Crippen molar-refractivity contribution in [1.82, 2.24) is 10.6 Å². The molecular weight excluding hydrogens is 284 g/mol. The molecule has 120 valence electrons. The zero-order valence-electron chi connectivity index (χ0n) is 12.5. The van der Waals surface area contributed by atoms with Crippen LogP contribution in [0, 0.1) is 0 Å². The predicted octanol–water partition coefficient (Wildman–Crippen LogP) is 0.915. The van der Waals surface area contributed by atoms with Gasteiger partial charge in [0.2, 0.25) is 5.91 Å². The first-order chi connectivity index (χ1) is 10.7. The molecule has 0 spiro atoms. The number of nitrogens with one attached hydrogen (secondary N) is 2. The second kappa shape index (κ2) is 8.51. The highest BCUT2D eigenvalue weighted by Crippen LogP contribution is 2.07. The van der Waals surface area contributed by atoms with Crippen molar-refractivity contribution in [2.24, 2.45) is 0 Å². The molecule has 6 heteroatoms. The summed E-state index contributed by atoms with van der Waals surface area (Å²) in [6.45, 7) is 1.06. The Kier molecular flexibility index (Phi) is 6.36. The summed E-state index contributed by atoms with van der Waals surface area (Å²) in [4.78, 5) is 23.3. The van der Waals surface area contributed by atoms with Crippen LogP contribution in [0.25, 0.3) is 0 Å². The molecule has 0 aliphatic carbocycles. The van der Waals surface area contributed by atoms with Gasteiger partial charge in [-0.25, -0.2) is 4.79 Å². The van der Waals surface area contributed by atoms with Crippen molar-refractivity contribution in [3.8, 4) is 0 Å². The molecule has 1 aromatic rings. The zero-order chi connectivity index (χ0) is 15.8. The number of aliphatic carboxylic acids is 1.